The third-order valence-corrected chi connectivity index (χ3v) is 5.72. The van der Waals surface area contributed by atoms with E-state index in [1.54, 1.807) is 17.1 Å². The molecule has 0 aromatic carbocycles. The van der Waals surface area contributed by atoms with Crippen LogP contribution in [0.4, 0.5) is 0 Å². The first-order chi connectivity index (χ1) is 11.0. The highest BCUT2D eigenvalue weighted by Crippen LogP contribution is 2.33. The number of rotatable bonds is 4. The van der Waals surface area contributed by atoms with E-state index in [0.29, 0.717) is 18.7 Å². The first-order valence-electron chi connectivity index (χ1n) is 8.44. The van der Waals surface area contributed by atoms with Crippen LogP contribution in [0.5, 0.6) is 0 Å². The van der Waals surface area contributed by atoms with Gasteiger partial charge < -0.3 is 10.6 Å². The lowest BCUT2D eigenvalue weighted by Crippen LogP contribution is -2.45. The van der Waals surface area contributed by atoms with E-state index in [2.05, 4.69) is 0 Å². The van der Waals surface area contributed by atoms with Gasteiger partial charge in [0.05, 0.1) is 10.9 Å². The largest absolute Gasteiger partial charge is 0.339 e. The van der Waals surface area contributed by atoms with Gasteiger partial charge in [-0.15, -0.1) is 0 Å². The minimum Gasteiger partial charge on any atom is -0.339 e. The molecule has 0 aromatic heterocycles. The van der Waals surface area contributed by atoms with Crippen molar-refractivity contribution in [2.75, 3.05) is 13.1 Å². The monoisotopic (exact) mass is 338 g/mol. The zero-order chi connectivity index (χ0) is 17.0. The second-order valence-electron chi connectivity index (χ2n) is 6.13. The fourth-order valence-corrected chi connectivity index (χ4v) is 4.30. The molecule has 6 heteroatoms. The molecule has 2 aliphatic carbocycles. The van der Waals surface area contributed by atoms with Crippen molar-refractivity contribution in [1.29, 1.82) is 0 Å². The lowest BCUT2D eigenvalue weighted by atomic mass is 9.78. The summed E-state index contributed by atoms with van der Waals surface area (Å²) in [5.41, 5.74) is 7.36. The highest BCUT2D eigenvalue weighted by molar-refractivity contribution is 7.73. The molecule has 1 amide bonds. The number of carbonyl (C=O) groups is 1. The summed E-state index contributed by atoms with van der Waals surface area (Å²) in [6.07, 6.45) is 8.95. The Balaban J connectivity index is 2.41. The number of nitrogens with two attached hydrogens (primary N) is 1. The Morgan fingerprint density at radius 1 is 1.17 bits per heavy atom. The summed E-state index contributed by atoms with van der Waals surface area (Å²) in [5, 5.41) is 0. The molecule has 5 nitrogen and oxygen atoms in total. The molecular weight excluding hydrogens is 312 g/mol. The second kappa shape index (κ2) is 7.93. The van der Waals surface area contributed by atoms with Crippen LogP contribution in [0.2, 0.25) is 0 Å². The van der Waals surface area contributed by atoms with Gasteiger partial charge in [0.25, 0.3) is 5.91 Å². The lowest BCUT2D eigenvalue weighted by molar-refractivity contribution is -0.126. The quantitative estimate of drug-likeness (QED) is 0.791. The maximum Gasteiger partial charge on any atom is 0.251 e. The van der Waals surface area contributed by atoms with Crippen molar-refractivity contribution in [3.63, 3.8) is 0 Å². The number of amides is 1. The summed E-state index contributed by atoms with van der Waals surface area (Å²) in [6, 6.07) is -0.858. The Kier molecular flexibility index (Phi) is 6.18. The molecule has 0 heterocycles. The van der Waals surface area contributed by atoms with Crippen molar-refractivity contribution >= 4 is 21.1 Å². The molecule has 1 unspecified atom stereocenters. The normalized spacial score (nSPS) is 22.4. The second-order valence-corrected chi connectivity index (χ2v) is 7.04. The van der Waals surface area contributed by atoms with Crippen LogP contribution in [0.25, 0.3) is 0 Å². The van der Waals surface area contributed by atoms with Gasteiger partial charge in [0, 0.05) is 18.7 Å². The Morgan fingerprint density at radius 3 is 2.30 bits per heavy atom. The third-order valence-electron chi connectivity index (χ3n) is 4.87. The Morgan fingerprint density at radius 2 is 1.78 bits per heavy atom. The summed E-state index contributed by atoms with van der Waals surface area (Å²) in [6.45, 7) is 4.95. The van der Waals surface area contributed by atoms with Crippen molar-refractivity contribution < 1.29 is 13.2 Å². The maximum absolute atomic E-state index is 12.6. The van der Waals surface area contributed by atoms with Crippen molar-refractivity contribution in [1.82, 2.24) is 4.90 Å². The number of carbonyl (C=O) groups excluding carboxylic acids is 1. The topological polar surface area (TPSA) is 80.5 Å². The first-order valence-corrected chi connectivity index (χ1v) is 9.51. The highest BCUT2D eigenvalue weighted by atomic mass is 32.2. The average Bonchev–Trinajstić information content (AvgIpc) is 2.55. The molecule has 1 saturated carbocycles. The molecule has 0 saturated heterocycles. The van der Waals surface area contributed by atoms with E-state index >= 15 is 0 Å². The van der Waals surface area contributed by atoms with Crippen molar-refractivity contribution in [2.45, 2.75) is 52.0 Å². The molecule has 1 atom stereocenters. The van der Waals surface area contributed by atoms with E-state index in [4.69, 9.17) is 5.73 Å². The minimum absolute atomic E-state index is 0.176. The van der Waals surface area contributed by atoms with Crippen LogP contribution < -0.4 is 5.73 Å². The lowest BCUT2D eigenvalue weighted by Gasteiger charge is -2.31. The number of likely N-dealkylation sites (N-methyl/N-ethyl adjacent to an activating group) is 1. The van der Waals surface area contributed by atoms with Crippen molar-refractivity contribution in [3.05, 3.63) is 23.3 Å². The summed E-state index contributed by atoms with van der Waals surface area (Å²) in [7, 11) is -2.41. The summed E-state index contributed by atoms with van der Waals surface area (Å²) < 4.78 is 23.6. The Labute approximate surface area is 139 Å². The van der Waals surface area contributed by atoms with E-state index < -0.39 is 16.3 Å². The molecule has 2 aliphatic rings. The van der Waals surface area contributed by atoms with Crippen LogP contribution in [0.15, 0.2) is 23.3 Å². The Bertz CT molecular complexity index is 643. The molecule has 0 spiro atoms. The molecule has 0 radical (unpaired) electrons. The zero-order valence-electron chi connectivity index (χ0n) is 13.9. The van der Waals surface area contributed by atoms with E-state index in [1.165, 1.54) is 6.42 Å². The summed E-state index contributed by atoms with van der Waals surface area (Å²) in [5.74, 6) is 0.0634. The predicted molar refractivity (Wildman–Crippen MR) is 92.6 cm³/mol. The predicted octanol–water partition coefficient (Wildman–Crippen LogP) is 1.68. The van der Waals surface area contributed by atoms with Crippen LogP contribution in [0.3, 0.4) is 0 Å². The molecule has 2 rings (SSSR count). The maximum atomic E-state index is 12.6. The van der Waals surface area contributed by atoms with Crippen molar-refractivity contribution in [2.24, 2.45) is 11.7 Å². The van der Waals surface area contributed by atoms with Gasteiger partial charge in [0.2, 0.25) is 10.3 Å². The van der Waals surface area contributed by atoms with Crippen LogP contribution in [-0.4, -0.2) is 43.2 Å². The Hall–Kier alpha value is -1.40. The minimum atomic E-state index is -2.41. The first kappa shape index (κ1) is 17.9. The van der Waals surface area contributed by atoms with E-state index in [9.17, 15) is 13.2 Å². The smallest absolute Gasteiger partial charge is 0.251 e. The van der Waals surface area contributed by atoms with Crippen LogP contribution in [0, 0.1) is 5.92 Å². The number of nitrogens with zero attached hydrogens (tertiary/aromatic N) is 1. The van der Waals surface area contributed by atoms with Gasteiger partial charge in [0.15, 0.2) is 0 Å². The SMILES string of the molecule is CCN(CC)C(=O)C1=CC=C(C2CCCCC2)C(=S(=O)=O)C1N. The highest BCUT2D eigenvalue weighted by Gasteiger charge is 2.33. The van der Waals surface area contributed by atoms with Gasteiger partial charge in [-0.2, -0.15) is 8.42 Å². The molecule has 23 heavy (non-hydrogen) atoms. The van der Waals surface area contributed by atoms with Crippen LogP contribution >= 0.6 is 0 Å². The molecule has 1 fully saturated rings. The van der Waals surface area contributed by atoms with Gasteiger partial charge in [-0.3, -0.25) is 4.79 Å². The van der Waals surface area contributed by atoms with Crippen LogP contribution in [-0.2, 0) is 15.1 Å². The molecule has 0 aliphatic heterocycles. The zero-order valence-corrected chi connectivity index (χ0v) is 14.7. The molecule has 0 aromatic rings. The van der Waals surface area contributed by atoms with E-state index in [-0.39, 0.29) is 16.7 Å². The fraction of sp³-hybridized carbons (Fsp3) is 0.647. The van der Waals surface area contributed by atoms with Gasteiger partial charge in [-0.05, 0) is 38.2 Å². The number of allylic oxidation sites excluding steroid dienone is 2. The molecule has 128 valence electrons. The van der Waals surface area contributed by atoms with Gasteiger partial charge in [-0.25, -0.2) is 0 Å². The average molecular weight is 338 g/mol. The summed E-state index contributed by atoms with van der Waals surface area (Å²) >= 11 is 0. The number of hydrogen-bond donors (Lipinski definition) is 1. The molecule has 2 N–H and O–H groups in total. The molecular formula is C17H26N2O3S. The van der Waals surface area contributed by atoms with Gasteiger partial charge in [0.1, 0.15) is 0 Å². The van der Waals surface area contributed by atoms with E-state index in [1.807, 2.05) is 13.8 Å². The van der Waals surface area contributed by atoms with Crippen molar-refractivity contribution in [3.8, 4) is 0 Å². The third kappa shape index (κ3) is 3.75. The van der Waals surface area contributed by atoms with E-state index in [0.717, 1.165) is 31.3 Å². The van der Waals surface area contributed by atoms with Gasteiger partial charge >= 0.3 is 0 Å². The van der Waals surface area contributed by atoms with Gasteiger partial charge in [-0.1, -0.05) is 31.4 Å². The summed E-state index contributed by atoms with van der Waals surface area (Å²) in [4.78, 5) is 14.4. The number of hydrogen-bond acceptors (Lipinski definition) is 4. The standard InChI is InChI=1S/C17H26N2O3S/c1-3-19(4-2)17(20)14-11-10-13(12-8-6-5-7-9-12)16(15(14)18)23(21)22/h10-12,15H,3-9,18H2,1-2H3. The molecule has 0 bridgehead atoms. The fourth-order valence-electron chi connectivity index (χ4n) is 3.53. The van der Waals surface area contributed by atoms with Crippen LogP contribution in [0.1, 0.15) is 46.0 Å².